The molecule has 286 valence electrons. The molecular formula is C39H72NO8P. The molecule has 0 aromatic heterocycles. The molecule has 0 spiro atoms. The van der Waals surface area contributed by atoms with E-state index in [1.54, 1.807) is 0 Å². The minimum atomic E-state index is -4.37. The van der Waals surface area contributed by atoms with Gasteiger partial charge in [-0.25, -0.2) is 4.57 Å². The van der Waals surface area contributed by atoms with Crippen LogP contribution >= 0.6 is 7.82 Å². The number of ether oxygens (including phenoxy) is 2. The molecule has 0 aromatic carbocycles. The minimum Gasteiger partial charge on any atom is -0.462 e. The Morgan fingerprint density at radius 2 is 1.20 bits per heavy atom. The molecule has 0 saturated carbocycles. The third-order valence-electron chi connectivity index (χ3n) is 8.10. The molecule has 0 saturated heterocycles. The normalized spacial score (nSPS) is 13.1. The zero-order valence-corrected chi connectivity index (χ0v) is 32.1. The first kappa shape index (κ1) is 47.3. The van der Waals surface area contributed by atoms with Crippen molar-refractivity contribution < 1.29 is 37.6 Å². The van der Waals surface area contributed by atoms with E-state index in [0.717, 1.165) is 77.0 Å². The summed E-state index contributed by atoms with van der Waals surface area (Å²) < 4.78 is 32.6. The zero-order chi connectivity index (χ0) is 36.1. The summed E-state index contributed by atoms with van der Waals surface area (Å²) in [5, 5.41) is 0. The van der Waals surface area contributed by atoms with Crippen LogP contribution in [0.15, 0.2) is 30.0 Å². The standard InChI is InChI=1S/C39H72NO8P/c1-3-5-7-9-11-13-15-17-18-20-22-24-26-28-30-32-39(42)48-37(36-47-49(43,44)46-34-33-40)35-45-38(41)31-29-27-25-23-21-19-16-14-12-10-8-6-4-2/h5,7,15,18,37H,3-4,6,8-14,16,19-36,40H2,1-2H3,(H,43,44)/b7-5+/t17?,37-/m1/s1. The molecule has 0 rings (SSSR count). The van der Waals surface area contributed by atoms with E-state index < -0.39 is 26.5 Å². The van der Waals surface area contributed by atoms with Crippen molar-refractivity contribution in [2.24, 2.45) is 5.73 Å². The molecule has 2 atom stereocenters. The van der Waals surface area contributed by atoms with E-state index in [1.807, 2.05) is 0 Å². The molecule has 1 unspecified atom stereocenters. The van der Waals surface area contributed by atoms with Crippen molar-refractivity contribution in [2.75, 3.05) is 26.4 Å². The molecule has 49 heavy (non-hydrogen) atoms. The summed E-state index contributed by atoms with van der Waals surface area (Å²) in [7, 11) is -4.37. The topological polar surface area (TPSA) is 134 Å². The summed E-state index contributed by atoms with van der Waals surface area (Å²) in [4.78, 5) is 34.7. The van der Waals surface area contributed by atoms with E-state index in [0.29, 0.717) is 6.42 Å². The van der Waals surface area contributed by atoms with E-state index in [4.69, 9.17) is 24.3 Å². The molecule has 0 heterocycles. The lowest BCUT2D eigenvalue weighted by atomic mass is 10.0. The van der Waals surface area contributed by atoms with E-state index >= 15 is 0 Å². The van der Waals surface area contributed by atoms with Gasteiger partial charge < -0.3 is 20.1 Å². The van der Waals surface area contributed by atoms with Gasteiger partial charge in [0.2, 0.25) is 0 Å². The first-order chi connectivity index (χ1) is 23.8. The smallest absolute Gasteiger partial charge is 0.462 e. The third-order valence-corrected chi connectivity index (χ3v) is 9.08. The van der Waals surface area contributed by atoms with E-state index in [-0.39, 0.29) is 38.6 Å². The first-order valence-corrected chi connectivity index (χ1v) is 21.1. The predicted molar refractivity (Wildman–Crippen MR) is 200 cm³/mol. The summed E-state index contributed by atoms with van der Waals surface area (Å²) in [6.07, 6.45) is 34.2. The maximum Gasteiger partial charge on any atom is 0.472 e. The highest BCUT2D eigenvalue weighted by Crippen LogP contribution is 2.43. The number of unbranched alkanes of at least 4 members (excludes halogenated alkanes) is 19. The van der Waals surface area contributed by atoms with Crippen LogP contribution in [0, 0.1) is 0 Å². The van der Waals surface area contributed by atoms with Gasteiger partial charge in [0, 0.05) is 19.4 Å². The Labute approximate surface area is 299 Å². The van der Waals surface area contributed by atoms with Crippen LogP contribution in [-0.2, 0) is 32.7 Å². The SMILES string of the molecule is CC/C=C/CCCC=C=CCCCCCCCC(=O)O[C@H](COC(=O)CCCCCCCCCCCCCCC)COP(=O)(O)OCCN. The fraction of sp³-hybridized carbons (Fsp3) is 0.821. The number of hydrogen-bond acceptors (Lipinski definition) is 8. The van der Waals surface area contributed by atoms with Gasteiger partial charge in [-0.05, 0) is 63.5 Å². The molecule has 3 N–H and O–H groups in total. The number of allylic oxidation sites excluding steroid dienone is 3. The van der Waals surface area contributed by atoms with Crippen molar-refractivity contribution in [3.8, 4) is 0 Å². The second-order valence-corrected chi connectivity index (χ2v) is 14.3. The lowest BCUT2D eigenvalue weighted by molar-refractivity contribution is -0.161. The van der Waals surface area contributed by atoms with Crippen molar-refractivity contribution in [3.05, 3.63) is 30.0 Å². The van der Waals surface area contributed by atoms with Crippen LogP contribution < -0.4 is 5.73 Å². The van der Waals surface area contributed by atoms with Crippen molar-refractivity contribution in [1.29, 1.82) is 0 Å². The van der Waals surface area contributed by atoms with Crippen LogP contribution in [0.2, 0.25) is 0 Å². The fourth-order valence-corrected chi connectivity index (χ4v) is 5.97. The summed E-state index contributed by atoms with van der Waals surface area (Å²) in [5.41, 5.74) is 8.59. The molecule has 0 fully saturated rings. The van der Waals surface area contributed by atoms with E-state index in [1.165, 1.54) is 64.2 Å². The Kier molecular flexibility index (Phi) is 34.8. The average molecular weight is 714 g/mol. The maximum absolute atomic E-state index is 12.5. The zero-order valence-electron chi connectivity index (χ0n) is 31.2. The Bertz CT molecular complexity index is 919. The number of esters is 2. The molecule has 0 amide bonds. The largest absolute Gasteiger partial charge is 0.472 e. The van der Waals surface area contributed by atoms with E-state index in [2.05, 4.69) is 43.9 Å². The minimum absolute atomic E-state index is 0.0499. The average Bonchev–Trinajstić information content (AvgIpc) is 3.08. The van der Waals surface area contributed by atoms with E-state index in [9.17, 15) is 19.0 Å². The number of hydrogen-bond donors (Lipinski definition) is 2. The van der Waals surface area contributed by atoms with Crippen molar-refractivity contribution in [3.63, 3.8) is 0 Å². The van der Waals surface area contributed by atoms with Gasteiger partial charge >= 0.3 is 19.8 Å². The second kappa shape index (κ2) is 36.1. The Hall–Kier alpha value is -1.73. The number of nitrogens with two attached hydrogens (primary N) is 1. The van der Waals surface area contributed by atoms with Crippen LogP contribution in [-0.4, -0.2) is 49.3 Å². The molecule has 0 aliphatic heterocycles. The Balaban J connectivity index is 4.25. The van der Waals surface area contributed by atoms with Gasteiger partial charge in [0.1, 0.15) is 6.61 Å². The first-order valence-electron chi connectivity index (χ1n) is 19.6. The summed E-state index contributed by atoms with van der Waals surface area (Å²) >= 11 is 0. The molecular weight excluding hydrogens is 641 g/mol. The molecule has 10 heteroatoms. The van der Waals surface area contributed by atoms with Crippen LogP contribution in [0.5, 0.6) is 0 Å². The summed E-state index contributed by atoms with van der Waals surface area (Å²) in [5.74, 6) is -0.851. The predicted octanol–water partition coefficient (Wildman–Crippen LogP) is 10.6. The number of phosphoric acid groups is 1. The van der Waals surface area contributed by atoms with Crippen LogP contribution in [0.4, 0.5) is 0 Å². The summed E-state index contributed by atoms with van der Waals surface area (Å²) in [6, 6.07) is 0. The molecule has 9 nitrogen and oxygen atoms in total. The van der Waals surface area contributed by atoms with Gasteiger partial charge in [0.25, 0.3) is 0 Å². The van der Waals surface area contributed by atoms with Gasteiger partial charge in [0.15, 0.2) is 6.10 Å². The Morgan fingerprint density at radius 3 is 1.78 bits per heavy atom. The second-order valence-electron chi connectivity index (χ2n) is 12.9. The number of carbonyl (C=O) groups excluding carboxylic acids is 2. The highest BCUT2D eigenvalue weighted by atomic mass is 31.2. The van der Waals surface area contributed by atoms with Crippen LogP contribution in [0.25, 0.3) is 0 Å². The molecule has 0 aliphatic carbocycles. The monoisotopic (exact) mass is 713 g/mol. The number of phosphoric ester groups is 1. The van der Waals surface area contributed by atoms with Gasteiger partial charge in [0.05, 0.1) is 13.2 Å². The lowest BCUT2D eigenvalue weighted by Crippen LogP contribution is -2.29. The summed E-state index contributed by atoms with van der Waals surface area (Å²) in [6.45, 7) is 3.60. The van der Waals surface area contributed by atoms with Crippen molar-refractivity contribution in [2.45, 2.75) is 180 Å². The quantitative estimate of drug-likeness (QED) is 0.0214. The van der Waals surface area contributed by atoms with Gasteiger partial charge in [-0.3, -0.25) is 18.6 Å². The van der Waals surface area contributed by atoms with Crippen molar-refractivity contribution >= 4 is 19.8 Å². The van der Waals surface area contributed by atoms with Gasteiger partial charge in [-0.2, -0.15) is 0 Å². The third kappa shape index (κ3) is 35.9. The maximum atomic E-state index is 12.5. The molecule has 0 radical (unpaired) electrons. The van der Waals surface area contributed by atoms with Crippen LogP contribution in [0.1, 0.15) is 174 Å². The highest BCUT2D eigenvalue weighted by molar-refractivity contribution is 7.47. The lowest BCUT2D eigenvalue weighted by Gasteiger charge is -2.19. The van der Waals surface area contributed by atoms with Crippen LogP contribution in [0.3, 0.4) is 0 Å². The van der Waals surface area contributed by atoms with Gasteiger partial charge in [-0.1, -0.05) is 122 Å². The molecule has 0 aromatic rings. The fourth-order valence-electron chi connectivity index (χ4n) is 5.21. The Morgan fingerprint density at radius 1 is 0.673 bits per heavy atom. The van der Waals surface area contributed by atoms with Crippen molar-refractivity contribution in [1.82, 2.24) is 0 Å². The van der Waals surface area contributed by atoms with Gasteiger partial charge in [-0.15, -0.1) is 5.73 Å². The highest BCUT2D eigenvalue weighted by Gasteiger charge is 2.25. The number of carbonyl (C=O) groups is 2. The number of rotatable bonds is 36. The molecule has 0 bridgehead atoms. The molecule has 0 aliphatic rings.